The maximum atomic E-state index is 5.51. The Kier molecular flexibility index (Phi) is 6.80. The van der Waals surface area contributed by atoms with Crippen molar-refractivity contribution in [3.8, 4) is 11.5 Å². The smallest absolute Gasteiger partial charge is 0.228 e. The second kappa shape index (κ2) is 9.91. The summed E-state index contributed by atoms with van der Waals surface area (Å²) in [6.45, 7) is 5.29. The number of aromatic nitrogens is 2. The molecule has 0 atom stereocenters. The molecular formula is C24H32N6O2. The van der Waals surface area contributed by atoms with Crippen molar-refractivity contribution in [2.75, 3.05) is 82.7 Å². The third kappa shape index (κ3) is 4.80. The van der Waals surface area contributed by atoms with Gasteiger partial charge in [-0.15, -0.1) is 0 Å². The number of nitrogens with one attached hydrogen (secondary N) is 1. The number of piperazine rings is 1. The van der Waals surface area contributed by atoms with Gasteiger partial charge in [-0.3, -0.25) is 0 Å². The number of anilines is 3. The fraction of sp³-hybridized carbons (Fsp3) is 0.417. The molecule has 0 radical (unpaired) electrons. The Bertz CT molecular complexity index is 1040. The molecule has 0 aliphatic carbocycles. The third-order valence-electron chi connectivity index (χ3n) is 5.72. The monoisotopic (exact) mass is 436 g/mol. The summed E-state index contributed by atoms with van der Waals surface area (Å²) in [4.78, 5) is 16.6. The van der Waals surface area contributed by atoms with Crippen molar-refractivity contribution in [1.29, 1.82) is 0 Å². The number of ether oxygens (including phenoxy) is 2. The predicted octanol–water partition coefficient (Wildman–Crippen LogP) is 2.95. The van der Waals surface area contributed by atoms with Crippen LogP contribution >= 0.6 is 0 Å². The lowest BCUT2D eigenvalue weighted by atomic mass is 10.2. The number of likely N-dealkylation sites (N-methyl/N-ethyl adjacent to an activating group) is 1. The third-order valence-corrected chi connectivity index (χ3v) is 5.72. The van der Waals surface area contributed by atoms with Gasteiger partial charge in [0.1, 0.15) is 5.82 Å². The zero-order chi connectivity index (χ0) is 22.5. The maximum absolute atomic E-state index is 5.51. The summed E-state index contributed by atoms with van der Waals surface area (Å²) >= 11 is 0. The van der Waals surface area contributed by atoms with Gasteiger partial charge in [-0.2, -0.15) is 4.98 Å². The molecule has 1 fully saturated rings. The van der Waals surface area contributed by atoms with Crippen LogP contribution in [0.2, 0.25) is 0 Å². The molecule has 32 heavy (non-hydrogen) atoms. The van der Waals surface area contributed by atoms with Crippen LogP contribution in [0.1, 0.15) is 0 Å². The Morgan fingerprint density at radius 2 is 1.56 bits per heavy atom. The Morgan fingerprint density at radius 3 is 2.22 bits per heavy atom. The van der Waals surface area contributed by atoms with E-state index in [-0.39, 0.29) is 0 Å². The summed E-state index contributed by atoms with van der Waals surface area (Å²) in [5.74, 6) is 2.89. The largest absolute Gasteiger partial charge is 0.493 e. The second-order valence-corrected chi connectivity index (χ2v) is 8.14. The molecule has 1 saturated heterocycles. The highest BCUT2D eigenvalue weighted by atomic mass is 16.5. The number of nitrogens with zero attached hydrogens (tertiary/aromatic N) is 5. The van der Waals surface area contributed by atoms with Gasteiger partial charge in [0.05, 0.1) is 19.7 Å². The van der Waals surface area contributed by atoms with E-state index < -0.39 is 0 Å². The first-order chi connectivity index (χ1) is 15.6. The van der Waals surface area contributed by atoms with Crippen LogP contribution in [0.3, 0.4) is 0 Å². The standard InChI is InChI=1S/C24H32N6O2/c1-28(2)11-10-25-23-19-16-21(31-3)22(32-4)17-20(19)26-24(27-23)30-14-12-29(13-15-30)18-8-6-5-7-9-18/h5-9,16-17H,10-15H2,1-4H3,(H,25,26,27). The van der Waals surface area contributed by atoms with Gasteiger partial charge in [-0.1, -0.05) is 18.2 Å². The molecule has 2 heterocycles. The molecule has 1 aliphatic rings. The van der Waals surface area contributed by atoms with Crippen LogP contribution in [-0.2, 0) is 0 Å². The molecule has 1 aliphatic heterocycles. The highest BCUT2D eigenvalue weighted by Crippen LogP contribution is 2.35. The number of hydrogen-bond donors (Lipinski definition) is 1. The molecule has 0 bridgehead atoms. The van der Waals surface area contributed by atoms with Gasteiger partial charge in [-0.25, -0.2) is 4.98 Å². The van der Waals surface area contributed by atoms with Crippen LogP contribution in [0, 0.1) is 0 Å². The molecule has 2 aromatic carbocycles. The van der Waals surface area contributed by atoms with Crippen LogP contribution in [0.4, 0.5) is 17.5 Å². The number of para-hydroxylation sites is 1. The molecule has 170 valence electrons. The van der Waals surface area contributed by atoms with Crippen LogP contribution in [0.5, 0.6) is 11.5 Å². The molecule has 4 rings (SSSR count). The molecule has 1 aromatic heterocycles. The predicted molar refractivity (Wildman–Crippen MR) is 131 cm³/mol. The average Bonchev–Trinajstić information content (AvgIpc) is 2.83. The van der Waals surface area contributed by atoms with Crippen molar-refractivity contribution in [3.63, 3.8) is 0 Å². The molecule has 0 unspecified atom stereocenters. The number of methoxy groups -OCH3 is 2. The van der Waals surface area contributed by atoms with Crippen LogP contribution in [0.25, 0.3) is 10.9 Å². The van der Waals surface area contributed by atoms with Crippen molar-refractivity contribution < 1.29 is 9.47 Å². The van der Waals surface area contributed by atoms with Gasteiger partial charge >= 0.3 is 0 Å². The minimum Gasteiger partial charge on any atom is -0.493 e. The minimum absolute atomic E-state index is 0.665. The number of benzene rings is 2. The van der Waals surface area contributed by atoms with E-state index >= 15 is 0 Å². The minimum atomic E-state index is 0.665. The molecule has 0 saturated carbocycles. The normalized spacial score (nSPS) is 14.2. The highest BCUT2D eigenvalue weighted by Gasteiger charge is 2.21. The summed E-state index contributed by atoms with van der Waals surface area (Å²) in [6.07, 6.45) is 0. The van der Waals surface area contributed by atoms with E-state index in [4.69, 9.17) is 19.4 Å². The molecule has 0 amide bonds. The first-order valence-electron chi connectivity index (χ1n) is 11.0. The Balaban J connectivity index is 1.62. The van der Waals surface area contributed by atoms with Crippen molar-refractivity contribution in [2.24, 2.45) is 0 Å². The van der Waals surface area contributed by atoms with Gasteiger partial charge in [-0.05, 0) is 32.3 Å². The fourth-order valence-corrected chi connectivity index (χ4v) is 3.92. The van der Waals surface area contributed by atoms with E-state index in [1.807, 2.05) is 12.1 Å². The van der Waals surface area contributed by atoms with Crippen LogP contribution < -0.4 is 24.6 Å². The summed E-state index contributed by atoms with van der Waals surface area (Å²) in [7, 11) is 7.41. The topological polar surface area (TPSA) is 66.0 Å². The Morgan fingerprint density at radius 1 is 0.906 bits per heavy atom. The average molecular weight is 437 g/mol. The van der Waals surface area contributed by atoms with Crippen molar-refractivity contribution in [2.45, 2.75) is 0 Å². The van der Waals surface area contributed by atoms with Crippen molar-refractivity contribution >= 4 is 28.4 Å². The van der Waals surface area contributed by atoms with Gasteiger partial charge < -0.3 is 29.5 Å². The SMILES string of the molecule is COc1cc2nc(N3CCN(c4ccccc4)CC3)nc(NCCN(C)C)c2cc1OC. The number of rotatable bonds is 8. The van der Waals surface area contributed by atoms with Crippen molar-refractivity contribution in [1.82, 2.24) is 14.9 Å². The zero-order valence-corrected chi connectivity index (χ0v) is 19.3. The second-order valence-electron chi connectivity index (χ2n) is 8.14. The number of fused-ring (bicyclic) bond motifs is 1. The van der Waals surface area contributed by atoms with Gasteiger partial charge in [0.15, 0.2) is 11.5 Å². The summed E-state index contributed by atoms with van der Waals surface area (Å²) in [5, 5.41) is 4.42. The summed E-state index contributed by atoms with van der Waals surface area (Å²) < 4.78 is 11.0. The van der Waals surface area contributed by atoms with E-state index in [9.17, 15) is 0 Å². The number of hydrogen-bond acceptors (Lipinski definition) is 8. The first kappa shape index (κ1) is 22.0. The molecule has 1 N–H and O–H groups in total. The molecule has 3 aromatic rings. The lowest BCUT2D eigenvalue weighted by Gasteiger charge is -2.36. The fourth-order valence-electron chi connectivity index (χ4n) is 3.92. The molecule has 8 nitrogen and oxygen atoms in total. The Labute approximate surface area is 189 Å². The lowest BCUT2D eigenvalue weighted by Crippen LogP contribution is -2.47. The van der Waals surface area contributed by atoms with Gasteiger partial charge in [0.2, 0.25) is 5.95 Å². The van der Waals surface area contributed by atoms with Crippen LogP contribution in [-0.4, -0.2) is 82.5 Å². The molecule has 0 spiro atoms. The van der Waals surface area contributed by atoms with E-state index in [1.165, 1.54) is 5.69 Å². The lowest BCUT2D eigenvalue weighted by molar-refractivity contribution is 0.356. The maximum Gasteiger partial charge on any atom is 0.228 e. The molecular weight excluding hydrogens is 404 g/mol. The summed E-state index contributed by atoms with van der Waals surface area (Å²) in [6, 6.07) is 14.4. The Hall–Kier alpha value is -3.26. The van der Waals surface area contributed by atoms with E-state index in [0.29, 0.717) is 11.5 Å². The van der Waals surface area contributed by atoms with Crippen LogP contribution in [0.15, 0.2) is 42.5 Å². The van der Waals surface area contributed by atoms with Gasteiger partial charge in [0, 0.05) is 56.4 Å². The highest BCUT2D eigenvalue weighted by molar-refractivity contribution is 5.92. The van der Waals surface area contributed by atoms with E-state index in [0.717, 1.165) is 61.9 Å². The van der Waals surface area contributed by atoms with E-state index in [2.05, 4.69) is 64.4 Å². The van der Waals surface area contributed by atoms with Crippen molar-refractivity contribution in [3.05, 3.63) is 42.5 Å². The van der Waals surface area contributed by atoms with Gasteiger partial charge in [0.25, 0.3) is 0 Å². The first-order valence-corrected chi connectivity index (χ1v) is 11.0. The summed E-state index contributed by atoms with van der Waals surface area (Å²) in [5.41, 5.74) is 2.10. The van der Waals surface area contributed by atoms with E-state index in [1.54, 1.807) is 14.2 Å². The zero-order valence-electron chi connectivity index (χ0n) is 19.3. The molecule has 8 heteroatoms. The quantitative estimate of drug-likeness (QED) is 0.578.